The Morgan fingerprint density at radius 2 is 1.97 bits per heavy atom. The van der Waals surface area contributed by atoms with Crippen molar-refractivity contribution in [3.8, 4) is 10.7 Å². The Kier molecular flexibility index (Phi) is 6.04. The largest absolute Gasteiger partial charge is 0.459 e. The molecule has 0 N–H and O–H groups in total. The third-order valence-electron chi connectivity index (χ3n) is 6.03. The molecule has 0 bridgehead atoms. The van der Waals surface area contributed by atoms with Gasteiger partial charge < -0.3 is 18.7 Å². The fraction of sp³-hybridized carbons (Fsp3) is 0.455. The lowest BCUT2D eigenvalue weighted by molar-refractivity contribution is -0.139. The zero-order valence-corrected chi connectivity index (χ0v) is 18.5. The Hall–Kier alpha value is -2.98. The first kappa shape index (κ1) is 20.9. The fourth-order valence-electron chi connectivity index (χ4n) is 4.33. The molecule has 5 rings (SSSR count). The summed E-state index contributed by atoms with van der Waals surface area (Å²) >= 11 is 1.58. The van der Waals surface area contributed by atoms with Gasteiger partial charge in [-0.05, 0) is 42.8 Å². The molecule has 3 aromatic rings. The first-order chi connectivity index (χ1) is 15.7. The van der Waals surface area contributed by atoms with Gasteiger partial charge in [-0.25, -0.2) is 0 Å². The van der Waals surface area contributed by atoms with E-state index in [0.29, 0.717) is 44.3 Å². The molecule has 32 heavy (non-hydrogen) atoms. The second kappa shape index (κ2) is 9.25. The molecule has 0 spiro atoms. The third kappa shape index (κ3) is 4.33. The van der Waals surface area contributed by atoms with Crippen LogP contribution in [-0.2, 0) is 11.3 Å². The highest BCUT2D eigenvalue weighted by molar-refractivity contribution is 7.13. The van der Waals surface area contributed by atoms with Gasteiger partial charge in [0.25, 0.3) is 5.91 Å². The quantitative estimate of drug-likeness (QED) is 0.584. The van der Waals surface area contributed by atoms with Crippen molar-refractivity contribution in [1.29, 1.82) is 0 Å². The lowest BCUT2D eigenvalue weighted by Gasteiger charge is -2.40. The number of piperidine rings is 1. The number of amides is 2. The number of hydrogen-bond acceptors (Lipinski definition) is 8. The highest BCUT2D eigenvalue weighted by Crippen LogP contribution is 2.24. The van der Waals surface area contributed by atoms with Gasteiger partial charge in [0.05, 0.1) is 17.7 Å². The first-order valence-corrected chi connectivity index (χ1v) is 11.8. The van der Waals surface area contributed by atoms with E-state index in [2.05, 4.69) is 15.0 Å². The van der Waals surface area contributed by atoms with E-state index in [1.165, 1.54) is 6.26 Å². The number of furan rings is 1. The lowest BCUT2D eigenvalue weighted by Crippen LogP contribution is -2.57. The van der Waals surface area contributed by atoms with Gasteiger partial charge in [0.15, 0.2) is 5.76 Å². The number of rotatable bonds is 5. The van der Waals surface area contributed by atoms with Crippen molar-refractivity contribution in [1.82, 2.24) is 24.8 Å². The Labute approximate surface area is 189 Å². The molecule has 2 aliphatic heterocycles. The van der Waals surface area contributed by atoms with Gasteiger partial charge in [0.2, 0.25) is 17.6 Å². The number of aromatic nitrogens is 2. The Bertz CT molecular complexity index is 1040. The smallest absolute Gasteiger partial charge is 0.290 e. The average Bonchev–Trinajstić information content (AvgIpc) is 3.61. The highest BCUT2D eigenvalue weighted by atomic mass is 32.1. The molecule has 0 aliphatic carbocycles. The molecule has 5 heterocycles. The summed E-state index contributed by atoms with van der Waals surface area (Å²) in [5, 5.41) is 6.05. The lowest BCUT2D eigenvalue weighted by atomic mass is 10.00. The molecule has 2 fully saturated rings. The van der Waals surface area contributed by atoms with E-state index in [-0.39, 0.29) is 17.6 Å². The Balaban J connectivity index is 1.17. The molecule has 2 saturated heterocycles. The van der Waals surface area contributed by atoms with Crippen LogP contribution in [0.25, 0.3) is 10.7 Å². The van der Waals surface area contributed by atoms with Gasteiger partial charge in [-0.2, -0.15) is 4.98 Å². The van der Waals surface area contributed by atoms with E-state index >= 15 is 0 Å². The summed E-state index contributed by atoms with van der Waals surface area (Å²) in [6, 6.07) is 6.85. The summed E-state index contributed by atoms with van der Waals surface area (Å²) in [5.41, 5.74) is 0. The maximum absolute atomic E-state index is 13.3. The minimum absolute atomic E-state index is 0.0297. The fourth-order valence-corrected chi connectivity index (χ4v) is 4.98. The van der Waals surface area contributed by atoms with Crippen LogP contribution < -0.4 is 0 Å². The topological polar surface area (TPSA) is 95.9 Å². The van der Waals surface area contributed by atoms with Crippen LogP contribution in [0.5, 0.6) is 0 Å². The molecule has 2 amide bonds. The van der Waals surface area contributed by atoms with Gasteiger partial charge >= 0.3 is 0 Å². The first-order valence-electron chi connectivity index (χ1n) is 10.9. The molecule has 0 saturated carbocycles. The summed E-state index contributed by atoms with van der Waals surface area (Å²) in [6.45, 7) is 3.82. The van der Waals surface area contributed by atoms with Gasteiger partial charge in [0, 0.05) is 32.7 Å². The van der Waals surface area contributed by atoms with Crippen LogP contribution >= 0.6 is 11.3 Å². The zero-order chi connectivity index (χ0) is 21.9. The van der Waals surface area contributed by atoms with Crippen LogP contribution in [0.3, 0.4) is 0 Å². The number of hydrogen-bond donors (Lipinski definition) is 0. The van der Waals surface area contributed by atoms with E-state index in [1.54, 1.807) is 28.4 Å². The Morgan fingerprint density at radius 1 is 1.09 bits per heavy atom. The number of nitrogens with zero attached hydrogens (tertiary/aromatic N) is 5. The van der Waals surface area contributed by atoms with Crippen molar-refractivity contribution in [2.45, 2.75) is 31.8 Å². The predicted octanol–water partition coefficient (Wildman–Crippen LogP) is 2.73. The summed E-state index contributed by atoms with van der Waals surface area (Å²) in [4.78, 5) is 37.3. The van der Waals surface area contributed by atoms with Crippen LogP contribution in [0.2, 0.25) is 0 Å². The number of carbonyl (C=O) groups excluding carboxylic acids is 2. The molecule has 0 radical (unpaired) electrons. The molecule has 168 valence electrons. The predicted molar refractivity (Wildman–Crippen MR) is 117 cm³/mol. The van der Waals surface area contributed by atoms with Gasteiger partial charge in [0.1, 0.15) is 6.04 Å². The van der Waals surface area contributed by atoms with Crippen molar-refractivity contribution in [3.05, 3.63) is 47.6 Å². The molecule has 0 aromatic carbocycles. The molecular weight excluding hydrogens is 430 g/mol. The SMILES string of the molecule is O=C(C1CCCCN1C(=O)c1ccco1)N1CCN(Cc2nc(-c3cccs3)no2)CC1. The zero-order valence-electron chi connectivity index (χ0n) is 17.7. The molecule has 1 atom stereocenters. The molecule has 1 unspecified atom stereocenters. The van der Waals surface area contributed by atoms with E-state index < -0.39 is 6.04 Å². The summed E-state index contributed by atoms with van der Waals surface area (Å²) < 4.78 is 10.7. The average molecular weight is 456 g/mol. The maximum Gasteiger partial charge on any atom is 0.290 e. The standard InChI is InChI=1S/C22H25N5O4S/c28-21(16-5-1-2-8-27(16)22(29)17-6-3-13-30-17)26-11-9-25(10-12-26)15-19-23-20(24-31-19)18-7-4-14-32-18/h3-4,6-7,13-14,16H,1-2,5,8-12,15H2. The summed E-state index contributed by atoms with van der Waals surface area (Å²) in [6.07, 6.45) is 4.03. The van der Waals surface area contributed by atoms with Crippen molar-refractivity contribution < 1.29 is 18.5 Å². The molecule has 2 aliphatic rings. The van der Waals surface area contributed by atoms with Crippen LogP contribution in [0.15, 0.2) is 44.8 Å². The van der Waals surface area contributed by atoms with Crippen LogP contribution in [0, 0.1) is 0 Å². The molecule has 10 heteroatoms. The second-order valence-electron chi connectivity index (χ2n) is 8.08. The van der Waals surface area contributed by atoms with Gasteiger partial charge in [-0.15, -0.1) is 11.3 Å². The van der Waals surface area contributed by atoms with Crippen LogP contribution in [0.1, 0.15) is 35.7 Å². The van der Waals surface area contributed by atoms with Crippen molar-refractivity contribution >= 4 is 23.2 Å². The minimum atomic E-state index is -0.419. The number of piperazine rings is 1. The van der Waals surface area contributed by atoms with Gasteiger partial charge in [-0.3, -0.25) is 14.5 Å². The number of thiophene rings is 1. The second-order valence-corrected chi connectivity index (χ2v) is 9.03. The van der Waals surface area contributed by atoms with Crippen molar-refractivity contribution in [2.24, 2.45) is 0 Å². The number of likely N-dealkylation sites (tertiary alicyclic amines) is 1. The third-order valence-corrected chi connectivity index (χ3v) is 6.90. The van der Waals surface area contributed by atoms with E-state index in [1.807, 2.05) is 22.4 Å². The maximum atomic E-state index is 13.3. The minimum Gasteiger partial charge on any atom is -0.459 e. The van der Waals surface area contributed by atoms with Crippen LogP contribution in [0.4, 0.5) is 0 Å². The molecule has 9 nitrogen and oxygen atoms in total. The summed E-state index contributed by atoms with van der Waals surface area (Å²) in [7, 11) is 0. The van der Waals surface area contributed by atoms with E-state index in [0.717, 1.165) is 30.8 Å². The highest BCUT2D eigenvalue weighted by Gasteiger charge is 2.37. The Morgan fingerprint density at radius 3 is 2.72 bits per heavy atom. The van der Waals surface area contributed by atoms with Crippen LogP contribution in [-0.4, -0.2) is 75.4 Å². The normalized spacial score (nSPS) is 19.9. The van der Waals surface area contributed by atoms with Crippen molar-refractivity contribution in [3.63, 3.8) is 0 Å². The van der Waals surface area contributed by atoms with Crippen molar-refractivity contribution in [2.75, 3.05) is 32.7 Å². The van der Waals surface area contributed by atoms with E-state index in [9.17, 15) is 9.59 Å². The monoisotopic (exact) mass is 455 g/mol. The molecular formula is C22H25N5O4S. The number of carbonyl (C=O) groups is 2. The summed E-state index contributed by atoms with van der Waals surface area (Å²) in [5.74, 6) is 1.31. The van der Waals surface area contributed by atoms with Gasteiger partial charge in [-0.1, -0.05) is 11.2 Å². The van der Waals surface area contributed by atoms with E-state index in [4.69, 9.17) is 8.94 Å². The molecule has 3 aromatic heterocycles.